The molecule has 0 aliphatic carbocycles. The van der Waals surface area contributed by atoms with Gasteiger partial charge in [-0.25, -0.2) is 9.59 Å². The van der Waals surface area contributed by atoms with Crippen molar-refractivity contribution in [2.24, 2.45) is 0 Å². The molecule has 0 aliphatic heterocycles. The van der Waals surface area contributed by atoms with E-state index in [-0.39, 0.29) is 165 Å². The maximum atomic E-state index is 12.8. The molecule has 29 atom stereocenters. The third kappa shape index (κ3) is 58.5. The predicted octanol–water partition coefficient (Wildman–Crippen LogP) is -22.5. The van der Waals surface area contributed by atoms with Gasteiger partial charge in [-0.2, -0.15) is 0 Å². The first-order valence-electron chi connectivity index (χ1n) is 40.3. The molecule has 0 saturated heterocycles. The van der Waals surface area contributed by atoms with E-state index in [9.17, 15) is 162 Å². The van der Waals surface area contributed by atoms with E-state index in [0.717, 1.165) is 9.80 Å². The van der Waals surface area contributed by atoms with Gasteiger partial charge in [0.15, 0.2) is 0 Å². The van der Waals surface area contributed by atoms with Crippen LogP contribution >= 0.6 is 0 Å². The highest BCUT2D eigenvalue weighted by atomic mass is 16.6. The van der Waals surface area contributed by atoms with Crippen molar-refractivity contribution < 1.29 is 239 Å². The Kier molecular flexibility index (Phi) is 69.8. The Morgan fingerprint density at radius 3 is 0.651 bits per heavy atom. The topological polar surface area (TPSA) is 893 Å². The molecular formula is C71H143N7O48. The van der Waals surface area contributed by atoms with E-state index in [4.69, 9.17) is 77.3 Å². The van der Waals surface area contributed by atoms with Gasteiger partial charge < -0.3 is 247 Å². The van der Waals surface area contributed by atoms with Crippen molar-refractivity contribution in [2.45, 2.75) is 183 Å². The SMILES string of the molecule is CN[C@H](CC(=O)NCC(O)COCC(O)COCC(O)COCC(O)COCC(O)COCC(O)COC(=O)NCCN(C[C@H](O)[C@@H](O)[C@H](O)[C@H](O)CO)C[C@H](O)[C@@H](O)[C@H](O)[C@H](O)CO)C(=O)NCC(O)COCC(O)COCC(O)COCC(O)COCC(O)COCC(O)COC(=O)NCCN(C[C@H](O)[C@@H](O)[C@H](O)[C@H](O)CO)C[C@H](O)[C@@H](O)[C@H](O)[C@H](O)CO. The van der Waals surface area contributed by atoms with Gasteiger partial charge in [0.2, 0.25) is 11.8 Å². The summed E-state index contributed by atoms with van der Waals surface area (Å²) >= 11 is 0. The van der Waals surface area contributed by atoms with Crippen LogP contribution in [0.25, 0.3) is 0 Å². The van der Waals surface area contributed by atoms with E-state index < -0.39 is 280 Å². The fraction of sp³-hybridized carbons (Fsp3) is 0.944. The molecule has 0 rings (SSSR count). The summed E-state index contributed by atoms with van der Waals surface area (Å²) in [6.45, 7) is -16.0. The average Bonchev–Trinajstić information content (AvgIpc) is 0.871. The van der Waals surface area contributed by atoms with Crippen molar-refractivity contribution in [3.05, 3.63) is 0 Å². The van der Waals surface area contributed by atoms with Gasteiger partial charge in [0.1, 0.15) is 148 Å². The summed E-state index contributed by atoms with van der Waals surface area (Å²) in [6, 6.07) is -1.08. The van der Waals surface area contributed by atoms with Crippen molar-refractivity contribution in [3.8, 4) is 0 Å². The number of nitrogens with zero attached hydrogens (tertiary/aromatic N) is 2. The lowest BCUT2D eigenvalue weighted by atomic mass is 10.0. The Morgan fingerprint density at radius 2 is 0.444 bits per heavy atom. The van der Waals surface area contributed by atoms with Crippen LogP contribution < -0.4 is 26.6 Å². The summed E-state index contributed by atoms with van der Waals surface area (Å²) in [5, 5.41) is 332. The van der Waals surface area contributed by atoms with E-state index in [1.807, 2.05) is 0 Å². The molecule has 0 spiro atoms. The largest absolute Gasteiger partial charge is 0.447 e. The number of carbonyl (C=O) groups excluding carboxylic acids is 4. The van der Waals surface area contributed by atoms with Gasteiger partial charge in [-0.05, 0) is 7.05 Å². The number of aliphatic hydroxyl groups is 32. The molecule has 0 fully saturated rings. The molecule has 55 nitrogen and oxygen atoms in total. The summed E-state index contributed by atoms with van der Waals surface area (Å²) < 4.78 is 62.3. The third-order valence-electron chi connectivity index (χ3n) is 17.6. The molecule has 0 aromatic heterocycles. The number of nitrogens with one attached hydrogen (secondary N) is 5. The van der Waals surface area contributed by atoms with Gasteiger partial charge >= 0.3 is 12.2 Å². The Hall–Kier alpha value is -4.32. The van der Waals surface area contributed by atoms with Crippen LogP contribution in [0.15, 0.2) is 0 Å². The average molecular weight is 1860 g/mol. The molecule has 0 radical (unpaired) electrons. The Morgan fingerprint density at radius 1 is 0.254 bits per heavy atom. The summed E-state index contributed by atoms with van der Waals surface area (Å²) in [4.78, 5) is 52.3. The van der Waals surface area contributed by atoms with Gasteiger partial charge in [0, 0.05) is 65.4 Å². The van der Waals surface area contributed by atoms with E-state index in [1.165, 1.54) is 7.05 Å². The molecule has 0 aromatic carbocycles. The van der Waals surface area contributed by atoms with Gasteiger partial charge in [-0.15, -0.1) is 0 Å². The second kappa shape index (κ2) is 72.2. The quantitative estimate of drug-likeness (QED) is 0.0269. The summed E-state index contributed by atoms with van der Waals surface area (Å²) in [7, 11) is 1.40. The molecule has 126 heavy (non-hydrogen) atoms. The number of alkyl carbamates (subject to hydrolysis) is 2. The normalized spacial score (nSPS) is 19.2. The number of amides is 4. The first-order valence-corrected chi connectivity index (χ1v) is 40.3. The van der Waals surface area contributed by atoms with Gasteiger partial charge in [-0.3, -0.25) is 19.4 Å². The number of hydrogen-bond donors (Lipinski definition) is 37. The molecule has 12 unspecified atom stereocenters. The van der Waals surface area contributed by atoms with E-state index in [0.29, 0.717) is 0 Å². The minimum absolute atomic E-state index is 0.274. The van der Waals surface area contributed by atoms with Crippen LogP contribution in [0.4, 0.5) is 9.59 Å². The van der Waals surface area contributed by atoms with Crippen LogP contribution in [-0.2, 0) is 66.4 Å². The second-order valence-corrected chi connectivity index (χ2v) is 29.6. The van der Waals surface area contributed by atoms with Crippen LogP contribution in [0.1, 0.15) is 6.42 Å². The Labute approximate surface area is 725 Å². The lowest BCUT2D eigenvalue weighted by Crippen LogP contribution is -2.54. The highest BCUT2D eigenvalue weighted by Crippen LogP contribution is 2.15. The summed E-state index contributed by atoms with van der Waals surface area (Å²) in [6.07, 6.45) is -48.6. The Balaban J connectivity index is 4.32. The zero-order chi connectivity index (χ0) is 95.4. The zero-order valence-corrected chi connectivity index (χ0v) is 70.1. The third-order valence-corrected chi connectivity index (χ3v) is 17.6. The number of ether oxygens (including phenoxy) is 12. The highest BCUT2D eigenvalue weighted by Gasteiger charge is 2.38. The second-order valence-electron chi connectivity index (χ2n) is 29.6. The molecule has 37 N–H and O–H groups in total. The van der Waals surface area contributed by atoms with Gasteiger partial charge in [0.25, 0.3) is 0 Å². The van der Waals surface area contributed by atoms with Crippen molar-refractivity contribution in [1.82, 2.24) is 36.4 Å². The number of hydrogen-bond acceptors (Lipinski definition) is 51. The maximum Gasteiger partial charge on any atom is 0.407 e. The van der Waals surface area contributed by atoms with E-state index in [1.54, 1.807) is 0 Å². The highest BCUT2D eigenvalue weighted by molar-refractivity contribution is 5.88. The Bertz CT molecular complexity index is 2620. The predicted molar refractivity (Wildman–Crippen MR) is 420 cm³/mol. The first kappa shape index (κ1) is 122. The molecule has 0 heterocycles. The molecule has 750 valence electrons. The van der Waals surface area contributed by atoms with Gasteiger partial charge in [-0.1, -0.05) is 0 Å². The van der Waals surface area contributed by atoms with Crippen LogP contribution in [0, 0.1) is 0 Å². The monoisotopic (exact) mass is 1860 g/mol. The molecule has 4 amide bonds. The molecule has 0 saturated carbocycles. The lowest BCUT2D eigenvalue weighted by Gasteiger charge is -2.33. The standard InChI is InChI=1S/C71H143N7O48/c1-72-51(69(112)76-8-40(84)18-116-20-42(86)22-118-24-44(88)26-120-28-46(90)30-122-32-48(92)34-124-36-50(94)38-126-71(114)74-3-5-78(11-54(97)63(106)67(110)58(101)15-81)12-55(98)64(107)68(111)59(102)16-82)6-60(103)75-7-39(83)17-115-19-41(85)21-117-23-43(87)25-119-27-45(89)29-121-31-47(91)33-123-35-49(93)37-125-70(113)73-2-4-77(9-52(95)61(104)65(108)56(99)13-79)10-53(96)62(105)66(109)57(100)14-80/h39-59,61-68,72,79-102,104-111H,2-38H2,1H3,(H,73,113)(H,74,114)(H,75,103)(H,76,112)/t39?,40?,41?,42?,43?,44?,45?,46?,47?,48?,49?,50?,51-,52+,53+,54+,55+,56-,57-,58-,59-,61-,62-,63-,64-,65-,66-,67-,68-/m1/s1. The van der Waals surface area contributed by atoms with E-state index in [2.05, 4.69) is 26.6 Å². The van der Waals surface area contributed by atoms with Crippen LogP contribution in [0.5, 0.6) is 0 Å². The van der Waals surface area contributed by atoms with Crippen LogP contribution in [0.2, 0.25) is 0 Å². The molecule has 55 heteroatoms. The number of carbonyl (C=O) groups is 4. The smallest absolute Gasteiger partial charge is 0.407 e. The number of rotatable bonds is 82. The first-order chi connectivity index (χ1) is 59.5. The van der Waals surface area contributed by atoms with Gasteiger partial charge in [0.05, 0.1) is 208 Å². The number of likely N-dealkylation sites (N-methyl/N-ethyl adjacent to an activating group) is 1. The van der Waals surface area contributed by atoms with Crippen LogP contribution in [-0.4, -0.2) is 618 Å². The maximum absolute atomic E-state index is 12.8. The van der Waals surface area contributed by atoms with Crippen molar-refractivity contribution >= 4 is 24.0 Å². The minimum Gasteiger partial charge on any atom is -0.447 e. The van der Waals surface area contributed by atoms with Crippen molar-refractivity contribution in [3.63, 3.8) is 0 Å². The minimum atomic E-state index is -2.04. The summed E-state index contributed by atoms with van der Waals surface area (Å²) in [5.41, 5.74) is 0. The molecule has 0 bridgehead atoms. The zero-order valence-electron chi connectivity index (χ0n) is 70.1. The molecule has 0 aliphatic rings. The summed E-state index contributed by atoms with van der Waals surface area (Å²) in [5.74, 6) is -1.32. The fourth-order valence-corrected chi connectivity index (χ4v) is 10.5. The lowest BCUT2D eigenvalue weighted by molar-refractivity contribution is -0.130. The molecule has 0 aromatic rings. The molecular weight excluding hydrogens is 1720 g/mol. The van der Waals surface area contributed by atoms with E-state index >= 15 is 0 Å². The van der Waals surface area contributed by atoms with Crippen molar-refractivity contribution in [1.29, 1.82) is 0 Å². The van der Waals surface area contributed by atoms with Crippen LogP contribution in [0.3, 0.4) is 0 Å². The van der Waals surface area contributed by atoms with Crippen molar-refractivity contribution in [2.75, 3.05) is 244 Å². The number of aliphatic hydroxyl groups excluding tert-OH is 32. The fourth-order valence-electron chi connectivity index (χ4n) is 10.5.